The maximum Gasteiger partial charge on any atom is 0.123 e. The predicted octanol–water partition coefficient (Wildman–Crippen LogP) is 5.00. The first-order valence-corrected chi connectivity index (χ1v) is 9.87. The van der Waals surface area contributed by atoms with Gasteiger partial charge in [0.05, 0.1) is 11.0 Å². The number of hydrogen-bond acceptors (Lipinski definition) is 3. The van der Waals surface area contributed by atoms with Crippen molar-refractivity contribution in [1.29, 1.82) is 0 Å². The molecule has 0 bridgehead atoms. The largest absolute Gasteiger partial charge is 0.489 e. The zero-order chi connectivity index (χ0) is 19.9. The zero-order valence-corrected chi connectivity index (χ0v) is 16.2. The summed E-state index contributed by atoms with van der Waals surface area (Å²) >= 11 is 0. The highest BCUT2D eigenvalue weighted by Gasteiger charge is 2.02. The van der Waals surface area contributed by atoms with Crippen molar-refractivity contribution in [3.8, 4) is 5.75 Å². The minimum atomic E-state index is -0.234. The Morgan fingerprint density at radius 1 is 0.931 bits per heavy atom. The number of hydrogen-bond donors (Lipinski definition) is 2. The van der Waals surface area contributed by atoms with E-state index in [0.717, 1.165) is 54.1 Å². The maximum absolute atomic E-state index is 13.0. The normalized spacial score (nSPS) is 11.1. The number of aromatic amines is 1. The number of imidazole rings is 1. The molecule has 2 N–H and O–H groups in total. The lowest BCUT2D eigenvalue weighted by Gasteiger charge is -2.09. The summed E-state index contributed by atoms with van der Waals surface area (Å²) in [4.78, 5) is 7.98. The highest BCUT2D eigenvalue weighted by molar-refractivity contribution is 5.74. The Balaban J connectivity index is 1.20. The van der Waals surface area contributed by atoms with Gasteiger partial charge in [0.15, 0.2) is 0 Å². The molecule has 3 aromatic carbocycles. The van der Waals surface area contributed by atoms with E-state index in [1.807, 2.05) is 36.4 Å². The van der Waals surface area contributed by atoms with Crippen molar-refractivity contribution < 1.29 is 9.13 Å². The maximum atomic E-state index is 13.0. The molecule has 0 aliphatic carbocycles. The summed E-state index contributed by atoms with van der Waals surface area (Å²) in [7, 11) is 0. The van der Waals surface area contributed by atoms with E-state index in [4.69, 9.17) is 4.74 Å². The first-order chi connectivity index (χ1) is 14.3. The smallest absolute Gasteiger partial charge is 0.123 e. The number of H-pyrrole nitrogens is 1. The van der Waals surface area contributed by atoms with Crippen LogP contribution in [-0.2, 0) is 19.6 Å². The Bertz CT molecular complexity index is 1030. The Morgan fingerprint density at radius 3 is 2.66 bits per heavy atom. The second-order valence-corrected chi connectivity index (χ2v) is 7.04. The topological polar surface area (TPSA) is 49.9 Å². The van der Waals surface area contributed by atoms with Gasteiger partial charge in [-0.25, -0.2) is 9.37 Å². The van der Waals surface area contributed by atoms with Gasteiger partial charge < -0.3 is 15.0 Å². The van der Waals surface area contributed by atoms with E-state index in [1.54, 1.807) is 12.1 Å². The van der Waals surface area contributed by atoms with Crippen LogP contribution in [0, 0.1) is 5.82 Å². The van der Waals surface area contributed by atoms with Crippen molar-refractivity contribution >= 4 is 11.0 Å². The third kappa shape index (κ3) is 5.42. The van der Waals surface area contributed by atoms with E-state index in [0.29, 0.717) is 6.61 Å². The summed E-state index contributed by atoms with van der Waals surface area (Å²) in [6.07, 6.45) is 1.93. The van der Waals surface area contributed by atoms with Crippen molar-refractivity contribution in [1.82, 2.24) is 15.3 Å². The highest BCUT2D eigenvalue weighted by atomic mass is 19.1. The number of rotatable bonds is 9. The summed E-state index contributed by atoms with van der Waals surface area (Å²) in [5.74, 6) is 1.61. The summed E-state index contributed by atoms with van der Waals surface area (Å²) in [5, 5.41) is 3.47. The van der Waals surface area contributed by atoms with Crippen molar-refractivity contribution in [3.63, 3.8) is 0 Å². The Kier molecular flexibility index (Phi) is 6.17. The van der Waals surface area contributed by atoms with E-state index in [-0.39, 0.29) is 5.82 Å². The zero-order valence-electron chi connectivity index (χ0n) is 16.2. The van der Waals surface area contributed by atoms with Crippen LogP contribution >= 0.6 is 0 Å². The number of fused-ring (bicyclic) bond motifs is 1. The number of ether oxygens (including phenoxy) is 1. The van der Waals surface area contributed by atoms with Gasteiger partial charge in [0.25, 0.3) is 0 Å². The van der Waals surface area contributed by atoms with Gasteiger partial charge in [-0.3, -0.25) is 0 Å². The molecule has 0 spiro atoms. The molecule has 0 saturated carbocycles. The Morgan fingerprint density at radius 2 is 1.79 bits per heavy atom. The number of aromatic nitrogens is 2. The molecule has 29 heavy (non-hydrogen) atoms. The average molecular weight is 389 g/mol. The van der Waals surface area contributed by atoms with Crippen LogP contribution in [0.2, 0.25) is 0 Å². The molecule has 0 fully saturated rings. The molecule has 0 amide bonds. The number of aryl methyl sites for hydroxylation is 1. The second-order valence-electron chi connectivity index (χ2n) is 7.04. The fourth-order valence-electron chi connectivity index (χ4n) is 3.23. The van der Waals surface area contributed by atoms with Gasteiger partial charge in [0, 0.05) is 13.0 Å². The summed E-state index contributed by atoms with van der Waals surface area (Å²) in [5.41, 5.74) is 4.23. The lowest BCUT2D eigenvalue weighted by Crippen LogP contribution is -2.15. The molecule has 0 aliphatic rings. The van der Waals surface area contributed by atoms with E-state index in [2.05, 4.69) is 27.4 Å². The molecule has 5 heteroatoms. The number of benzene rings is 3. The summed E-state index contributed by atoms with van der Waals surface area (Å²) in [6, 6.07) is 22.5. The lowest BCUT2D eigenvalue weighted by molar-refractivity contribution is 0.305. The van der Waals surface area contributed by atoms with Gasteiger partial charge in [-0.1, -0.05) is 36.4 Å². The molecular weight excluding hydrogens is 365 g/mol. The quantitative estimate of drug-likeness (QED) is 0.396. The van der Waals surface area contributed by atoms with Gasteiger partial charge >= 0.3 is 0 Å². The number of nitrogens with one attached hydrogen (secondary N) is 2. The lowest BCUT2D eigenvalue weighted by atomic mass is 10.2. The summed E-state index contributed by atoms with van der Waals surface area (Å²) in [6.45, 7) is 2.13. The Hall–Kier alpha value is -3.18. The van der Waals surface area contributed by atoms with Crippen LogP contribution in [-0.4, -0.2) is 16.5 Å². The number of nitrogens with zero attached hydrogens (tertiary/aromatic N) is 1. The molecular formula is C24H24FN3O. The molecule has 1 aromatic heterocycles. The van der Waals surface area contributed by atoms with Crippen molar-refractivity contribution in [2.24, 2.45) is 0 Å². The van der Waals surface area contributed by atoms with Crippen molar-refractivity contribution in [3.05, 3.63) is 95.6 Å². The molecule has 0 atom stereocenters. The third-order valence-electron chi connectivity index (χ3n) is 4.75. The van der Waals surface area contributed by atoms with Gasteiger partial charge in [-0.05, 0) is 60.5 Å². The second kappa shape index (κ2) is 9.34. The van der Waals surface area contributed by atoms with E-state index < -0.39 is 0 Å². The highest BCUT2D eigenvalue weighted by Crippen LogP contribution is 2.16. The standard InChI is InChI=1S/C24H24FN3O/c25-20-12-10-18(11-13-20)17-29-21-6-3-5-19(15-21)16-26-14-4-9-24-27-22-7-1-2-8-23(22)28-24/h1-3,5-8,10-13,15,26H,4,9,14,16-17H2,(H,27,28). The van der Waals surface area contributed by atoms with Crippen molar-refractivity contribution in [2.75, 3.05) is 6.54 Å². The first kappa shape index (κ1) is 19.2. The van der Waals surface area contributed by atoms with Gasteiger partial charge in [-0.15, -0.1) is 0 Å². The van der Waals surface area contributed by atoms with Gasteiger partial charge in [-0.2, -0.15) is 0 Å². The summed E-state index contributed by atoms with van der Waals surface area (Å²) < 4.78 is 18.8. The van der Waals surface area contributed by atoms with Crippen LogP contribution in [0.5, 0.6) is 5.75 Å². The van der Waals surface area contributed by atoms with E-state index in [1.165, 1.54) is 17.7 Å². The molecule has 148 valence electrons. The molecule has 4 nitrogen and oxygen atoms in total. The van der Waals surface area contributed by atoms with Crippen LogP contribution < -0.4 is 10.1 Å². The molecule has 4 aromatic rings. The number of para-hydroxylation sites is 2. The molecule has 0 unspecified atom stereocenters. The number of halogens is 1. The predicted molar refractivity (Wildman–Crippen MR) is 113 cm³/mol. The van der Waals surface area contributed by atoms with Crippen LogP contribution in [0.4, 0.5) is 4.39 Å². The average Bonchev–Trinajstić information content (AvgIpc) is 3.16. The minimum absolute atomic E-state index is 0.234. The van der Waals surface area contributed by atoms with Crippen LogP contribution in [0.3, 0.4) is 0 Å². The monoisotopic (exact) mass is 389 g/mol. The Labute approximate surface area is 169 Å². The molecule has 0 radical (unpaired) electrons. The van der Waals surface area contributed by atoms with Gasteiger partial charge in [0.1, 0.15) is 24.0 Å². The molecule has 0 aliphatic heterocycles. The van der Waals surface area contributed by atoms with Crippen LogP contribution in [0.15, 0.2) is 72.8 Å². The van der Waals surface area contributed by atoms with Crippen LogP contribution in [0.25, 0.3) is 11.0 Å². The molecule has 0 saturated heterocycles. The van der Waals surface area contributed by atoms with E-state index >= 15 is 0 Å². The van der Waals surface area contributed by atoms with Crippen molar-refractivity contribution in [2.45, 2.75) is 26.0 Å². The third-order valence-corrected chi connectivity index (χ3v) is 4.75. The SMILES string of the molecule is Fc1ccc(COc2cccc(CNCCCc3nc4ccccc4[nH]3)c2)cc1. The minimum Gasteiger partial charge on any atom is -0.489 e. The molecule has 4 rings (SSSR count). The molecule has 1 heterocycles. The van der Waals surface area contributed by atoms with Gasteiger partial charge in [0.2, 0.25) is 0 Å². The van der Waals surface area contributed by atoms with E-state index in [9.17, 15) is 4.39 Å². The van der Waals surface area contributed by atoms with Crippen LogP contribution in [0.1, 0.15) is 23.4 Å². The fraction of sp³-hybridized carbons (Fsp3) is 0.208. The first-order valence-electron chi connectivity index (χ1n) is 9.87. The fourth-order valence-corrected chi connectivity index (χ4v) is 3.23.